The first-order valence-electron chi connectivity index (χ1n) is 7.54. The molecule has 1 N–H and O–H groups in total. The zero-order valence-corrected chi connectivity index (χ0v) is 14.4. The summed E-state index contributed by atoms with van der Waals surface area (Å²) in [6.07, 6.45) is 3.69. The van der Waals surface area contributed by atoms with Crippen LogP contribution >= 0.6 is 11.3 Å². The Morgan fingerprint density at radius 2 is 1.79 bits per heavy atom. The number of aryl methyl sites for hydroxylation is 1. The van der Waals surface area contributed by atoms with Crippen molar-refractivity contribution < 1.29 is 0 Å². The van der Waals surface area contributed by atoms with E-state index >= 15 is 0 Å². The lowest BCUT2D eigenvalue weighted by Crippen LogP contribution is -2.30. The highest BCUT2D eigenvalue weighted by atomic mass is 32.1. The molecule has 0 aliphatic carbocycles. The van der Waals surface area contributed by atoms with E-state index in [-0.39, 0.29) is 0 Å². The van der Waals surface area contributed by atoms with E-state index in [0.29, 0.717) is 10.8 Å². The Bertz CT molecular complexity index is 371. The molecule has 1 aromatic rings. The molecular formula is C17H31NS. The van der Waals surface area contributed by atoms with Gasteiger partial charge in [0.05, 0.1) is 0 Å². The van der Waals surface area contributed by atoms with Gasteiger partial charge in [-0.15, -0.1) is 11.3 Å². The van der Waals surface area contributed by atoms with E-state index in [1.807, 2.05) is 11.3 Å². The van der Waals surface area contributed by atoms with Gasteiger partial charge < -0.3 is 5.32 Å². The molecule has 1 nitrogen and oxygen atoms in total. The second-order valence-corrected chi connectivity index (χ2v) is 8.53. The van der Waals surface area contributed by atoms with Crippen LogP contribution in [0.2, 0.25) is 0 Å². The first-order valence-corrected chi connectivity index (χ1v) is 8.36. The number of rotatable bonds is 7. The summed E-state index contributed by atoms with van der Waals surface area (Å²) in [6, 6.07) is 4.63. The molecule has 0 saturated heterocycles. The van der Waals surface area contributed by atoms with Gasteiger partial charge in [-0.25, -0.2) is 0 Å². The summed E-state index contributed by atoms with van der Waals surface area (Å²) in [5, 5.41) is 3.54. The third kappa shape index (κ3) is 6.09. The van der Waals surface area contributed by atoms with Crippen molar-refractivity contribution in [3.63, 3.8) is 0 Å². The quantitative estimate of drug-likeness (QED) is 0.693. The molecule has 0 aromatic carbocycles. The average Bonchev–Trinajstić information content (AvgIpc) is 2.75. The molecule has 1 heterocycles. The number of hydrogen-bond acceptors (Lipinski definition) is 2. The molecule has 0 fully saturated rings. The fourth-order valence-electron chi connectivity index (χ4n) is 2.07. The smallest absolute Gasteiger partial charge is 0.0102 e. The van der Waals surface area contributed by atoms with E-state index < -0.39 is 0 Å². The summed E-state index contributed by atoms with van der Waals surface area (Å²) in [5.74, 6) is 0. The van der Waals surface area contributed by atoms with Gasteiger partial charge in [-0.05, 0) is 48.8 Å². The van der Waals surface area contributed by atoms with Gasteiger partial charge in [0.2, 0.25) is 0 Å². The maximum atomic E-state index is 3.54. The number of nitrogens with one attached hydrogen (secondary N) is 1. The zero-order valence-electron chi connectivity index (χ0n) is 13.6. The van der Waals surface area contributed by atoms with Crippen molar-refractivity contribution in [2.75, 3.05) is 13.1 Å². The van der Waals surface area contributed by atoms with E-state index in [1.54, 1.807) is 0 Å². The van der Waals surface area contributed by atoms with Crippen molar-refractivity contribution in [3.05, 3.63) is 21.9 Å². The normalized spacial score (nSPS) is 12.9. The Morgan fingerprint density at radius 3 is 2.32 bits per heavy atom. The number of thiophene rings is 1. The maximum absolute atomic E-state index is 3.54. The maximum Gasteiger partial charge on any atom is 0.0102 e. The molecule has 0 atom stereocenters. The van der Waals surface area contributed by atoms with Crippen molar-refractivity contribution in [1.82, 2.24) is 5.32 Å². The van der Waals surface area contributed by atoms with Crippen molar-refractivity contribution in [2.24, 2.45) is 5.41 Å². The van der Waals surface area contributed by atoms with E-state index in [2.05, 4.69) is 59.0 Å². The standard InChI is InChI=1S/C17H31NS/c1-7-12-18-13-17(5,6)11-10-14-8-9-15(19-14)16(2,3)4/h8-9,18H,7,10-13H2,1-6H3. The largest absolute Gasteiger partial charge is 0.316 e. The lowest BCUT2D eigenvalue weighted by atomic mass is 9.87. The molecule has 0 radical (unpaired) electrons. The highest BCUT2D eigenvalue weighted by Crippen LogP contribution is 2.31. The molecule has 1 aromatic heterocycles. The SMILES string of the molecule is CCCNCC(C)(C)CCc1ccc(C(C)(C)C)s1. The Hall–Kier alpha value is -0.340. The summed E-state index contributed by atoms with van der Waals surface area (Å²) < 4.78 is 0. The highest BCUT2D eigenvalue weighted by molar-refractivity contribution is 7.12. The molecule has 19 heavy (non-hydrogen) atoms. The molecule has 110 valence electrons. The summed E-state index contributed by atoms with van der Waals surface area (Å²) in [7, 11) is 0. The predicted octanol–water partition coefficient (Wildman–Crippen LogP) is 5.00. The Balaban J connectivity index is 2.45. The van der Waals surface area contributed by atoms with Gasteiger partial charge in [-0.1, -0.05) is 41.5 Å². The Labute approximate surface area is 123 Å². The van der Waals surface area contributed by atoms with Gasteiger partial charge in [-0.3, -0.25) is 0 Å². The molecule has 0 saturated carbocycles. The molecule has 0 spiro atoms. The van der Waals surface area contributed by atoms with Crippen molar-refractivity contribution >= 4 is 11.3 Å². The molecular weight excluding hydrogens is 250 g/mol. The van der Waals surface area contributed by atoms with Crippen LogP contribution < -0.4 is 5.32 Å². The first-order chi connectivity index (χ1) is 8.74. The van der Waals surface area contributed by atoms with Crippen LogP contribution in [0.1, 0.15) is 64.1 Å². The third-order valence-corrected chi connectivity index (χ3v) is 5.05. The second kappa shape index (κ2) is 6.90. The van der Waals surface area contributed by atoms with Crippen molar-refractivity contribution in [1.29, 1.82) is 0 Å². The Morgan fingerprint density at radius 1 is 1.11 bits per heavy atom. The average molecular weight is 282 g/mol. The van der Waals surface area contributed by atoms with Gasteiger partial charge in [0.15, 0.2) is 0 Å². The van der Waals surface area contributed by atoms with E-state index in [1.165, 1.54) is 29.0 Å². The van der Waals surface area contributed by atoms with Gasteiger partial charge in [-0.2, -0.15) is 0 Å². The van der Waals surface area contributed by atoms with E-state index in [9.17, 15) is 0 Å². The van der Waals surface area contributed by atoms with Crippen LogP contribution in [-0.4, -0.2) is 13.1 Å². The molecule has 0 aliphatic rings. The lowest BCUT2D eigenvalue weighted by molar-refractivity contribution is 0.316. The first kappa shape index (κ1) is 16.7. The predicted molar refractivity (Wildman–Crippen MR) is 88.3 cm³/mol. The van der Waals surface area contributed by atoms with Crippen LogP contribution in [0.15, 0.2) is 12.1 Å². The third-order valence-electron chi connectivity index (χ3n) is 3.48. The minimum atomic E-state index is 0.293. The van der Waals surface area contributed by atoms with Crippen LogP contribution in [-0.2, 0) is 11.8 Å². The minimum absolute atomic E-state index is 0.293. The molecule has 1 rings (SSSR count). The molecule has 0 aliphatic heterocycles. The number of hydrogen-bond donors (Lipinski definition) is 1. The van der Waals surface area contributed by atoms with Gasteiger partial charge in [0.1, 0.15) is 0 Å². The molecule has 0 unspecified atom stereocenters. The van der Waals surface area contributed by atoms with Crippen molar-refractivity contribution in [3.8, 4) is 0 Å². The van der Waals surface area contributed by atoms with Gasteiger partial charge in [0, 0.05) is 16.3 Å². The van der Waals surface area contributed by atoms with E-state index in [0.717, 1.165) is 13.1 Å². The fraction of sp³-hybridized carbons (Fsp3) is 0.765. The zero-order chi connectivity index (χ0) is 14.5. The topological polar surface area (TPSA) is 12.0 Å². The summed E-state index contributed by atoms with van der Waals surface area (Å²) >= 11 is 1.99. The Kier molecular flexibility index (Phi) is 6.07. The summed E-state index contributed by atoms with van der Waals surface area (Å²) in [5.41, 5.74) is 0.683. The van der Waals surface area contributed by atoms with Crippen LogP contribution in [0.3, 0.4) is 0 Å². The highest BCUT2D eigenvalue weighted by Gasteiger charge is 2.19. The minimum Gasteiger partial charge on any atom is -0.316 e. The summed E-state index contributed by atoms with van der Waals surface area (Å²) in [4.78, 5) is 3.04. The van der Waals surface area contributed by atoms with Crippen LogP contribution in [0.5, 0.6) is 0 Å². The van der Waals surface area contributed by atoms with Crippen LogP contribution in [0, 0.1) is 5.41 Å². The van der Waals surface area contributed by atoms with Crippen LogP contribution in [0.25, 0.3) is 0 Å². The van der Waals surface area contributed by atoms with Gasteiger partial charge >= 0.3 is 0 Å². The molecule has 0 bridgehead atoms. The van der Waals surface area contributed by atoms with Crippen LogP contribution in [0.4, 0.5) is 0 Å². The lowest BCUT2D eigenvalue weighted by Gasteiger charge is -2.24. The van der Waals surface area contributed by atoms with Crippen molar-refractivity contribution in [2.45, 2.75) is 66.2 Å². The van der Waals surface area contributed by atoms with Gasteiger partial charge in [0.25, 0.3) is 0 Å². The summed E-state index contributed by atoms with van der Waals surface area (Å²) in [6.45, 7) is 16.1. The molecule has 2 heteroatoms. The van der Waals surface area contributed by atoms with E-state index in [4.69, 9.17) is 0 Å². The fourth-order valence-corrected chi connectivity index (χ4v) is 3.13. The molecule has 0 amide bonds. The second-order valence-electron chi connectivity index (χ2n) is 7.36. The monoisotopic (exact) mass is 281 g/mol.